The summed E-state index contributed by atoms with van der Waals surface area (Å²) in [4.78, 5) is 12.0. The average Bonchev–Trinajstić information content (AvgIpc) is 2.39. The van der Waals surface area contributed by atoms with Crippen molar-refractivity contribution in [3.63, 3.8) is 0 Å². The number of nitrogens with two attached hydrogens (primary N) is 1. The number of rotatable bonds is 3. The van der Waals surface area contributed by atoms with Gasteiger partial charge in [-0.2, -0.15) is 0 Å². The Morgan fingerprint density at radius 3 is 2.22 bits per heavy atom. The Labute approximate surface area is 110 Å². The van der Waals surface area contributed by atoms with Crippen LogP contribution in [0.15, 0.2) is 24.3 Å². The molecule has 98 valence electrons. The molecule has 0 bridgehead atoms. The molecule has 18 heavy (non-hydrogen) atoms. The summed E-state index contributed by atoms with van der Waals surface area (Å²) < 4.78 is 0. The number of benzene rings is 1. The van der Waals surface area contributed by atoms with Crippen molar-refractivity contribution in [1.29, 1.82) is 0 Å². The molecule has 1 aromatic carbocycles. The lowest BCUT2D eigenvalue weighted by Crippen LogP contribution is -2.42. The zero-order valence-electron chi connectivity index (χ0n) is 11.4. The van der Waals surface area contributed by atoms with Gasteiger partial charge in [-0.05, 0) is 31.2 Å². The molecule has 2 heteroatoms. The van der Waals surface area contributed by atoms with E-state index < -0.39 is 0 Å². The maximum Gasteiger partial charge on any atom is 0.224 e. The molecule has 0 spiro atoms. The summed E-state index contributed by atoms with van der Waals surface area (Å²) in [7, 11) is 0. The summed E-state index contributed by atoms with van der Waals surface area (Å²) in [5.74, 6) is 0.103. The first-order chi connectivity index (χ1) is 8.56. The van der Waals surface area contributed by atoms with E-state index in [2.05, 4.69) is 38.1 Å². The first-order valence-corrected chi connectivity index (χ1v) is 6.93. The van der Waals surface area contributed by atoms with Gasteiger partial charge < -0.3 is 5.73 Å². The smallest absolute Gasteiger partial charge is 0.224 e. The Kier molecular flexibility index (Phi) is 3.74. The summed E-state index contributed by atoms with van der Waals surface area (Å²) >= 11 is 0. The largest absolute Gasteiger partial charge is 0.369 e. The predicted molar refractivity (Wildman–Crippen MR) is 74.3 cm³/mol. The lowest BCUT2D eigenvalue weighted by atomic mass is 9.64. The Balaban J connectivity index is 2.30. The third kappa shape index (κ3) is 2.29. The van der Waals surface area contributed by atoms with Crippen molar-refractivity contribution >= 4 is 5.91 Å². The third-order valence-corrected chi connectivity index (χ3v) is 4.64. The molecule has 0 heterocycles. The van der Waals surface area contributed by atoms with Crippen LogP contribution >= 0.6 is 0 Å². The molecule has 0 unspecified atom stereocenters. The van der Waals surface area contributed by atoms with Gasteiger partial charge in [-0.15, -0.1) is 0 Å². The fourth-order valence-corrected chi connectivity index (χ4v) is 3.25. The van der Waals surface area contributed by atoms with Crippen molar-refractivity contribution < 1.29 is 4.79 Å². The van der Waals surface area contributed by atoms with Gasteiger partial charge in [-0.25, -0.2) is 0 Å². The van der Waals surface area contributed by atoms with Crippen LogP contribution in [-0.2, 0) is 4.79 Å². The van der Waals surface area contributed by atoms with E-state index >= 15 is 0 Å². The molecule has 1 aliphatic rings. The fraction of sp³-hybridized carbons (Fsp3) is 0.562. The van der Waals surface area contributed by atoms with E-state index in [4.69, 9.17) is 5.73 Å². The molecular formula is C16H23NO. The number of aryl methyl sites for hydroxylation is 1. The standard InChI is InChI=1S/C16H23NO/c1-12-6-8-14(9-7-12)13(2)16(15(17)18)10-4-3-5-11-16/h6-9,13H,3-5,10-11H2,1-2H3,(H2,17,18)/t13-/m0/s1. The number of carbonyl (C=O) groups is 1. The zero-order chi connectivity index (χ0) is 13.2. The van der Waals surface area contributed by atoms with Crippen LogP contribution in [0.5, 0.6) is 0 Å². The summed E-state index contributed by atoms with van der Waals surface area (Å²) in [6, 6.07) is 8.51. The second-order valence-electron chi connectivity index (χ2n) is 5.71. The van der Waals surface area contributed by atoms with Gasteiger partial charge in [0.05, 0.1) is 5.41 Å². The van der Waals surface area contributed by atoms with Gasteiger partial charge in [0, 0.05) is 0 Å². The van der Waals surface area contributed by atoms with E-state index in [0.29, 0.717) is 0 Å². The molecule has 0 radical (unpaired) electrons. The van der Waals surface area contributed by atoms with Gasteiger partial charge in [-0.1, -0.05) is 56.0 Å². The van der Waals surface area contributed by atoms with Crippen molar-refractivity contribution in [2.75, 3.05) is 0 Å². The highest BCUT2D eigenvalue weighted by Crippen LogP contribution is 2.46. The van der Waals surface area contributed by atoms with E-state index in [1.54, 1.807) is 0 Å². The van der Waals surface area contributed by atoms with E-state index in [-0.39, 0.29) is 17.2 Å². The van der Waals surface area contributed by atoms with E-state index in [1.807, 2.05) is 0 Å². The summed E-state index contributed by atoms with van der Waals surface area (Å²) in [6.45, 7) is 4.24. The van der Waals surface area contributed by atoms with E-state index in [0.717, 1.165) is 25.7 Å². The molecule has 0 saturated heterocycles. The molecule has 1 aromatic rings. The molecule has 1 amide bonds. The highest BCUT2D eigenvalue weighted by molar-refractivity contribution is 5.82. The van der Waals surface area contributed by atoms with Gasteiger partial charge in [0.1, 0.15) is 0 Å². The third-order valence-electron chi connectivity index (χ3n) is 4.64. The topological polar surface area (TPSA) is 43.1 Å². The fourth-order valence-electron chi connectivity index (χ4n) is 3.25. The molecule has 1 atom stereocenters. The van der Waals surface area contributed by atoms with Crippen LogP contribution < -0.4 is 5.73 Å². The number of carbonyl (C=O) groups excluding carboxylic acids is 1. The first-order valence-electron chi connectivity index (χ1n) is 6.93. The number of hydrogen-bond donors (Lipinski definition) is 1. The summed E-state index contributed by atoms with van der Waals surface area (Å²) in [5, 5.41) is 0. The van der Waals surface area contributed by atoms with Crippen LogP contribution in [0.3, 0.4) is 0 Å². The minimum absolute atomic E-state index is 0.115. The minimum Gasteiger partial charge on any atom is -0.369 e. The molecule has 2 N–H and O–H groups in total. The van der Waals surface area contributed by atoms with E-state index in [9.17, 15) is 4.79 Å². The zero-order valence-corrected chi connectivity index (χ0v) is 11.4. The van der Waals surface area contributed by atoms with Gasteiger partial charge >= 0.3 is 0 Å². The number of amides is 1. The van der Waals surface area contributed by atoms with Crippen LogP contribution in [0.25, 0.3) is 0 Å². The Morgan fingerprint density at radius 2 is 1.72 bits per heavy atom. The first kappa shape index (κ1) is 13.1. The van der Waals surface area contributed by atoms with Crippen LogP contribution in [0.4, 0.5) is 0 Å². The Hall–Kier alpha value is -1.31. The van der Waals surface area contributed by atoms with Gasteiger partial charge in [0.25, 0.3) is 0 Å². The molecule has 2 nitrogen and oxygen atoms in total. The molecule has 1 saturated carbocycles. The highest BCUT2D eigenvalue weighted by atomic mass is 16.1. The van der Waals surface area contributed by atoms with Crippen LogP contribution in [0.1, 0.15) is 56.1 Å². The van der Waals surface area contributed by atoms with Crippen molar-refractivity contribution in [1.82, 2.24) is 0 Å². The predicted octanol–water partition coefficient (Wildman–Crippen LogP) is 3.53. The molecule has 2 rings (SSSR count). The SMILES string of the molecule is Cc1ccc([C@H](C)C2(C(N)=O)CCCCC2)cc1. The lowest BCUT2D eigenvalue weighted by Gasteiger charge is -2.39. The normalized spacial score (nSPS) is 20.3. The van der Waals surface area contributed by atoms with Crippen LogP contribution in [-0.4, -0.2) is 5.91 Å². The van der Waals surface area contributed by atoms with Gasteiger partial charge in [-0.3, -0.25) is 4.79 Å². The quantitative estimate of drug-likeness (QED) is 0.869. The number of hydrogen-bond acceptors (Lipinski definition) is 1. The second kappa shape index (κ2) is 5.13. The van der Waals surface area contributed by atoms with Crippen molar-refractivity contribution in [2.45, 2.75) is 51.9 Å². The van der Waals surface area contributed by atoms with Crippen LogP contribution in [0, 0.1) is 12.3 Å². The molecule has 1 aliphatic carbocycles. The van der Waals surface area contributed by atoms with Crippen molar-refractivity contribution in [2.24, 2.45) is 11.1 Å². The summed E-state index contributed by atoms with van der Waals surface area (Å²) in [6.07, 6.45) is 5.36. The Morgan fingerprint density at radius 1 is 1.17 bits per heavy atom. The second-order valence-corrected chi connectivity index (χ2v) is 5.71. The molecular weight excluding hydrogens is 222 g/mol. The summed E-state index contributed by atoms with van der Waals surface area (Å²) in [5.41, 5.74) is 7.90. The van der Waals surface area contributed by atoms with Gasteiger partial charge in [0.2, 0.25) is 5.91 Å². The minimum atomic E-state index is -0.326. The Bertz CT molecular complexity index is 415. The molecule has 1 fully saturated rings. The van der Waals surface area contributed by atoms with Crippen molar-refractivity contribution in [3.05, 3.63) is 35.4 Å². The monoisotopic (exact) mass is 245 g/mol. The average molecular weight is 245 g/mol. The lowest BCUT2D eigenvalue weighted by molar-refractivity contribution is -0.130. The maximum absolute atomic E-state index is 12.0. The van der Waals surface area contributed by atoms with E-state index in [1.165, 1.54) is 17.5 Å². The van der Waals surface area contributed by atoms with Crippen molar-refractivity contribution in [3.8, 4) is 0 Å². The molecule has 0 aliphatic heterocycles. The highest BCUT2D eigenvalue weighted by Gasteiger charge is 2.43. The molecule has 0 aromatic heterocycles. The van der Waals surface area contributed by atoms with Gasteiger partial charge in [0.15, 0.2) is 0 Å². The maximum atomic E-state index is 12.0. The number of primary amides is 1. The van der Waals surface area contributed by atoms with Crippen LogP contribution in [0.2, 0.25) is 0 Å².